The van der Waals surface area contributed by atoms with E-state index in [1.54, 1.807) is 0 Å². The summed E-state index contributed by atoms with van der Waals surface area (Å²) >= 11 is 0. The molecule has 0 spiro atoms. The second-order valence-corrected chi connectivity index (χ2v) is 2.60. The number of rotatable bonds is 1. The maximum absolute atomic E-state index is 10.5. The quantitative estimate of drug-likeness (QED) is 0.505. The molecular weight excluding hydrogens is 116 g/mol. The fourth-order valence-corrected chi connectivity index (χ4v) is 1.15. The van der Waals surface area contributed by atoms with Gasteiger partial charge in [0.05, 0.1) is 6.04 Å². The zero-order chi connectivity index (χ0) is 6.85. The Hall–Kier alpha value is -0.570. The standard InChI is InChI=1S/C6H12N2O/c1-4-2-3-5(8-4)6(7)9/h4-5,8H,2-3H2,1H3,(H2,7,9)/t4-,5?/m0/s1. The van der Waals surface area contributed by atoms with Crippen molar-refractivity contribution in [2.24, 2.45) is 5.73 Å². The molecule has 0 aromatic carbocycles. The minimum absolute atomic E-state index is 0.0694. The average molecular weight is 128 g/mol. The zero-order valence-electron chi connectivity index (χ0n) is 5.55. The number of nitrogens with one attached hydrogen (secondary N) is 1. The molecule has 0 radical (unpaired) electrons. The van der Waals surface area contributed by atoms with Crippen molar-refractivity contribution in [1.82, 2.24) is 5.32 Å². The molecule has 0 aliphatic carbocycles. The van der Waals surface area contributed by atoms with E-state index in [2.05, 4.69) is 12.2 Å². The molecule has 2 atom stereocenters. The lowest BCUT2D eigenvalue weighted by Gasteiger charge is -2.05. The summed E-state index contributed by atoms with van der Waals surface area (Å²) in [5.74, 6) is -0.223. The van der Waals surface area contributed by atoms with Crippen LogP contribution in [0.25, 0.3) is 0 Å². The third kappa shape index (κ3) is 1.42. The predicted molar refractivity (Wildman–Crippen MR) is 34.8 cm³/mol. The molecule has 1 aliphatic rings. The van der Waals surface area contributed by atoms with Gasteiger partial charge >= 0.3 is 0 Å². The number of hydrogen-bond acceptors (Lipinski definition) is 2. The molecule has 52 valence electrons. The first-order valence-corrected chi connectivity index (χ1v) is 3.25. The lowest BCUT2D eigenvalue weighted by Crippen LogP contribution is -2.38. The van der Waals surface area contributed by atoms with Gasteiger partial charge in [0.15, 0.2) is 0 Å². The second kappa shape index (κ2) is 2.35. The monoisotopic (exact) mass is 128 g/mol. The molecule has 0 saturated carbocycles. The van der Waals surface area contributed by atoms with Crippen molar-refractivity contribution in [3.63, 3.8) is 0 Å². The van der Waals surface area contributed by atoms with Gasteiger partial charge in [-0.3, -0.25) is 4.79 Å². The van der Waals surface area contributed by atoms with Crippen molar-refractivity contribution in [1.29, 1.82) is 0 Å². The minimum Gasteiger partial charge on any atom is -0.368 e. The summed E-state index contributed by atoms with van der Waals surface area (Å²) < 4.78 is 0. The molecule has 0 aromatic rings. The lowest BCUT2D eigenvalue weighted by molar-refractivity contribution is -0.119. The Labute approximate surface area is 54.6 Å². The van der Waals surface area contributed by atoms with Crippen molar-refractivity contribution in [2.75, 3.05) is 0 Å². The number of carbonyl (C=O) groups is 1. The Morgan fingerprint density at radius 2 is 2.33 bits per heavy atom. The maximum Gasteiger partial charge on any atom is 0.234 e. The van der Waals surface area contributed by atoms with Crippen LogP contribution in [0, 0.1) is 0 Å². The maximum atomic E-state index is 10.5. The molecule has 3 N–H and O–H groups in total. The van der Waals surface area contributed by atoms with Crippen LogP contribution >= 0.6 is 0 Å². The molecule has 1 aliphatic heterocycles. The van der Waals surface area contributed by atoms with Crippen LogP contribution in [0.5, 0.6) is 0 Å². The highest BCUT2D eigenvalue weighted by Crippen LogP contribution is 2.10. The molecule has 1 rings (SSSR count). The van der Waals surface area contributed by atoms with E-state index in [0.29, 0.717) is 6.04 Å². The van der Waals surface area contributed by atoms with Gasteiger partial charge in [0.1, 0.15) is 0 Å². The number of primary amides is 1. The van der Waals surface area contributed by atoms with Crippen LogP contribution < -0.4 is 11.1 Å². The van der Waals surface area contributed by atoms with Crippen molar-refractivity contribution in [3.8, 4) is 0 Å². The number of carbonyl (C=O) groups excluding carboxylic acids is 1. The molecule has 3 heteroatoms. The van der Waals surface area contributed by atoms with E-state index >= 15 is 0 Å². The predicted octanol–water partition coefficient (Wildman–Crippen LogP) is -0.388. The Kier molecular flexibility index (Phi) is 1.71. The van der Waals surface area contributed by atoms with Gasteiger partial charge in [0.2, 0.25) is 5.91 Å². The first-order chi connectivity index (χ1) is 4.20. The van der Waals surface area contributed by atoms with Crippen LogP contribution in [-0.4, -0.2) is 18.0 Å². The summed E-state index contributed by atoms with van der Waals surface area (Å²) in [4.78, 5) is 10.5. The third-order valence-corrected chi connectivity index (χ3v) is 1.72. The van der Waals surface area contributed by atoms with Crippen LogP contribution in [0.1, 0.15) is 19.8 Å². The summed E-state index contributed by atoms with van der Waals surface area (Å²) in [5.41, 5.74) is 5.06. The van der Waals surface area contributed by atoms with Gasteiger partial charge in [-0.2, -0.15) is 0 Å². The van der Waals surface area contributed by atoms with Gasteiger partial charge in [0, 0.05) is 6.04 Å². The van der Waals surface area contributed by atoms with Crippen molar-refractivity contribution >= 4 is 5.91 Å². The Balaban J connectivity index is 2.39. The molecule has 3 nitrogen and oxygen atoms in total. The average Bonchev–Trinajstić information content (AvgIpc) is 2.14. The van der Waals surface area contributed by atoms with Gasteiger partial charge in [-0.25, -0.2) is 0 Å². The van der Waals surface area contributed by atoms with Crippen LogP contribution in [0.3, 0.4) is 0 Å². The topological polar surface area (TPSA) is 55.1 Å². The SMILES string of the molecule is C[C@H]1CCC(C(N)=O)N1. The van der Waals surface area contributed by atoms with Crippen LogP contribution in [0.2, 0.25) is 0 Å². The molecule has 9 heavy (non-hydrogen) atoms. The molecule has 1 unspecified atom stereocenters. The van der Waals surface area contributed by atoms with Crippen molar-refractivity contribution in [2.45, 2.75) is 31.8 Å². The Morgan fingerprint density at radius 3 is 2.56 bits per heavy atom. The smallest absolute Gasteiger partial charge is 0.234 e. The van der Waals surface area contributed by atoms with Gasteiger partial charge in [0.25, 0.3) is 0 Å². The molecule has 0 aromatic heterocycles. The van der Waals surface area contributed by atoms with Gasteiger partial charge in [-0.05, 0) is 19.8 Å². The van der Waals surface area contributed by atoms with E-state index in [-0.39, 0.29) is 11.9 Å². The molecule has 1 heterocycles. The first-order valence-electron chi connectivity index (χ1n) is 3.25. The van der Waals surface area contributed by atoms with Crippen LogP contribution in [-0.2, 0) is 4.79 Å². The Bertz CT molecular complexity index is 124. The fourth-order valence-electron chi connectivity index (χ4n) is 1.15. The summed E-state index contributed by atoms with van der Waals surface area (Å²) in [6.45, 7) is 2.06. The van der Waals surface area contributed by atoms with E-state index in [1.807, 2.05) is 0 Å². The highest BCUT2D eigenvalue weighted by molar-refractivity contribution is 5.80. The normalized spacial score (nSPS) is 34.8. The highest BCUT2D eigenvalue weighted by atomic mass is 16.1. The molecule has 0 bridgehead atoms. The van der Waals surface area contributed by atoms with Crippen molar-refractivity contribution < 1.29 is 4.79 Å². The van der Waals surface area contributed by atoms with E-state index in [1.165, 1.54) is 0 Å². The van der Waals surface area contributed by atoms with Gasteiger partial charge < -0.3 is 11.1 Å². The minimum atomic E-state index is -0.223. The van der Waals surface area contributed by atoms with Gasteiger partial charge in [-0.15, -0.1) is 0 Å². The molecular formula is C6H12N2O. The van der Waals surface area contributed by atoms with Crippen LogP contribution in [0.15, 0.2) is 0 Å². The highest BCUT2D eigenvalue weighted by Gasteiger charge is 2.23. The van der Waals surface area contributed by atoms with E-state index < -0.39 is 0 Å². The largest absolute Gasteiger partial charge is 0.368 e. The molecule has 1 amide bonds. The number of nitrogens with two attached hydrogens (primary N) is 1. The lowest BCUT2D eigenvalue weighted by atomic mass is 10.2. The van der Waals surface area contributed by atoms with Gasteiger partial charge in [-0.1, -0.05) is 0 Å². The van der Waals surface area contributed by atoms with Crippen LogP contribution in [0.4, 0.5) is 0 Å². The first kappa shape index (κ1) is 6.55. The van der Waals surface area contributed by atoms with E-state index in [0.717, 1.165) is 12.8 Å². The number of hydrogen-bond donors (Lipinski definition) is 2. The molecule has 1 fully saturated rings. The molecule has 1 saturated heterocycles. The number of amides is 1. The Morgan fingerprint density at radius 1 is 1.67 bits per heavy atom. The fraction of sp³-hybridized carbons (Fsp3) is 0.833. The third-order valence-electron chi connectivity index (χ3n) is 1.72. The summed E-state index contributed by atoms with van der Waals surface area (Å²) in [6, 6.07) is 0.391. The summed E-state index contributed by atoms with van der Waals surface area (Å²) in [5, 5.41) is 3.08. The van der Waals surface area contributed by atoms with Crippen molar-refractivity contribution in [3.05, 3.63) is 0 Å². The summed E-state index contributed by atoms with van der Waals surface area (Å²) in [7, 11) is 0. The zero-order valence-corrected chi connectivity index (χ0v) is 5.55. The van der Waals surface area contributed by atoms with E-state index in [9.17, 15) is 4.79 Å². The van der Waals surface area contributed by atoms with E-state index in [4.69, 9.17) is 5.73 Å². The second-order valence-electron chi connectivity index (χ2n) is 2.60. The summed E-state index contributed by atoms with van der Waals surface area (Å²) in [6.07, 6.45) is 1.96.